The van der Waals surface area contributed by atoms with Crippen LogP contribution in [0.25, 0.3) is 0 Å². The molecular weight excluding hydrogens is 312 g/mol. The van der Waals surface area contributed by atoms with Gasteiger partial charge in [-0.25, -0.2) is 0 Å². The minimum Gasteiger partial charge on any atom is -0.353 e. The Morgan fingerprint density at radius 2 is 2.04 bits per heavy atom. The lowest BCUT2D eigenvalue weighted by atomic mass is 9.81. The summed E-state index contributed by atoms with van der Waals surface area (Å²) in [5.41, 5.74) is 7.47. The summed E-state index contributed by atoms with van der Waals surface area (Å²) in [6.45, 7) is 3.22. The largest absolute Gasteiger partial charge is 0.353 e. The van der Waals surface area contributed by atoms with Crippen LogP contribution in [0.3, 0.4) is 0 Å². The Morgan fingerprint density at radius 3 is 2.76 bits per heavy atom. The highest BCUT2D eigenvalue weighted by Gasteiger charge is 2.24. The first kappa shape index (κ1) is 17.9. The molecule has 0 heterocycles. The van der Waals surface area contributed by atoms with Crippen LogP contribution in [0.2, 0.25) is 0 Å². The van der Waals surface area contributed by atoms with Crippen LogP contribution in [0.15, 0.2) is 29.3 Å². The quantitative estimate of drug-likeness (QED) is 0.421. The minimum atomic E-state index is 0.0762. The van der Waals surface area contributed by atoms with Gasteiger partial charge in [0.1, 0.15) is 0 Å². The first-order valence-electron chi connectivity index (χ1n) is 9.53. The average molecular weight is 342 g/mol. The van der Waals surface area contributed by atoms with Gasteiger partial charge in [0.05, 0.1) is 0 Å². The zero-order valence-corrected chi connectivity index (χ0v) is 15.1. The number of carbonyl (C=O) groups excluding carboxylic acids is 1. The molecule has 0 amide bonds. The number of ketones is 1. The van der Waals surface area contributed by atoms with Gasteiger partial charge in [0.2, 0.25) is 0 Å². The van der Waals surface area contributed by atoms with E-state index in [4.69, 9.17) is 10.7 Å². The van der Waals surface area contributed by atoms with Gasteiger partial charge in [0.15, 0.2) is 11.7 Å². The molecule has 2 unspecified atom stereocenters. The predicted octanol–water partition coefficient (Wildman–Crippen LogP) is 3.17. The van der Waals surface area contributed by atoms with Crippen molar-refractivity contribution in [3.05, 3.63) is 29.8 Å². The van der Waals surface area contributed by atoms with Gasteiger partial charge in [-0.05, 0) is 69.5 Å². The second-order valence-electron chi connectivity index (χ2n) is 7.50. The van der Waals surface area contributed by atoms with E-state index in [0.29, 0.717) is 23.4 Å². The number of carbonyl (C=O) groups is 1. The summed E-state index contributed by atoms with van der Waals surface area (Å²) in [6.07, 6.45) is 7.37. The fraction of sp³-hybridized carbons (Fsp3) is 0.600. The van der Waals surface area contributed by atoms with Crippen molar-refractivity contribution >= 4 is 17.4 Å². The van der Waals surface area contributed by atoms with Crippen molar-refractivity contribution in [3.8, 4) is 0 Å². The molecule has 0 radical (unpaired) electrons. The molecule has 25 heavy (non-hydrogen) atoms. The van der Waals surface area contributed by atoms with Gasteiger partial charge in [-0.2, -0.15) is 0 Å². The fourth-order valence-corrected chi connectivity index (χ4v) is 3.50. The lowest BCUT2D eigenvalue weighted by Gasteiger charge is -2.27. The van der Waals surface area contributed by atoms with E-state index in [1.165, 1.54) is 38.5 Å². The monoisotopic (exact) mass is 342 g/mol. The maximum atomic E-state index is 11.6. The molecule has 5 heteroatoms. The summed E-state index contributed by atoms with van der Waals surface area (Å²) in [7, 11) is 0. The van der Waals surface area contributed by atoms with Crippen LogP contribution in [0, 0.1) is 11.8 Å². The maximum absolute atomic E-state index is 11.6. The summed E-state index contributed by atoms with van der Waals surface area (Å²) in [5.74, 6) is 2.20. The van der Waals surface area contributed by atoms with Crippen LogP contribution < -0.4 is 16.4 Å². The normalized spacial score (nSPS) is 24.0. The summed E-state index contributed by atoms with van der Waals surface area (Å²) in [5, 5.41) is 6.85. The van der Waals surface area contributed by atoms with E-state index in [1.54, 1.807) is 6.92 Å². The molecule has 2 aliphatic carbocycles. The van der Waals surface area contributed by atoms with Crippen LogP contribution in [-0.2, 0) is 0 Å². The average Bonchev–Trinajstić information content (AvgIpc) is 3.44. The molecule has 0 aliphatic heterocycles. The van der Waals surface area contributed by atoms with E-state index in [1.807, 2.05) is 24.3 Å². The second-order valence-corrected chi connectivity index (χ2v) is 7.50. The summed E-state index contributed by atoms with van der Waals surface area (Å²) >= 11 is 0. The highest BCUT2D eigenvalue weighted by molar-refractivity contribution is 5.98. The van der Waals surface area contributed by atoms with E-state index >= 15 is 0 Å². The number of nitrogens with two attached hydrogens (primary N) is 1. The number of hydrogen-bond acceptors (Lipinski definition) is 3. The molecule has 5 nitrogen and oxygen atoms in total. The second kappa shape index (κ2) is 8.48. The lowest BCUT2D eigenvalue weighted by Crippen LogP contribution is -2.33. The van der Waals surface area contributed by atoms with Crippen LogP contribution in [-0.4, -0.2) is 30.9 Å². The molecule has 2 atom stereocenters. The molecule has 0 aromatic heterocycles. The van der Waals surface area contributed by atoms with Crippen molar-refractivity contribution in [2.24, 2.45) is 22.6 Å². The van der Waals surface area contributed by atoms with Gasteiger partial charge in [0.25, 0.3) is 0 Å². The van der Waals surface area contributed by atoms with Crippen molar-refractivity contribution in [2.45, 2.75) is 51.5 Å². The summed E-state index contributed by atoms with van der Waals surface area (Å²) < 4.78 is 0. The van der Waals surface area contributed by atoms with Crippen LogP contribution in [0.5, 0.6) is 0 Å². The highest BCUT2D eigenvalue weighted by atomic mass is 16.1. The van der Waals surface area contributed by atoms with Crippen LogP contribution >= 0.6 is 0 Å². The molecule has 136 valence electrons. The van der Waals surface area contributed by atoms with E-state index < -0.39 is 0 Å². The zero-order valence-electron chi connectivity index (χ0n) is 15.1. The first-order chi connectivity index (χ1) is 12.1. The van der Waals surface area contributed by atoms with E-state index in [2.05, 4.69) is 10.6 Å². The van der Waals surface area contributed by atoms with Gasteiger partial charge < -0.3 is 16.4 Å². The number of guanidine groups is 1. The van der Waals surface area contributed by atoms with Crippen molar-refractivity contribution in [1.29, 1.82) is 0 Å². The van der Waals surface area contributed by atoms with Gasteiger partial charge in [-0.15, -0.1) is 0 Å². The molecular formula is C20H30N4O. The lowest BCUT2D eigenvalue weighted by molar-refractivity contribution is 0.101. The number of Topliss-reactive ketones (excluding diaryl/α,β-unsaturated/α-hetero) is 1. The molecule has 2 saturated carbocycles. The Balaban J connectivity index is 1.64. The number of anilines is 1. The van der Waals surface area contributed by atoms with Gasteiger partial charge in [-0.3, -0.25) is 9.79 Å². The Morgan fingerprint density at radius 1 is 1.24 bits per heavy atom. The fourth-order valence-electron chi connectivity index (χ4n) is 3.50. The molecule has 0 spiro atoms. The van der Waals surface area contributed by atoms with Crippen molar-refractivity contribution in [2.75, 3.05) is 18.4 Å². The number of aliphatic imine (C=N–C) groups is 1. The molecule has 1 aromatic carbocycles. The smallest absolute Gasteiger partial charge is 0.196 e. The van der Waals surface area contributed by atoms with Crippen LogP contribution in [0.1, 0.15) is 55.8 Å². The number of benzene rings is 1. The summed E-state index contributed by atoms with van der Waals surface area (Å²) in [6, 6.07) is 8.14. The number of hydrogen-bond donors (Lipinski definition) is 3. The Bertz CT molecular complexity index is 624. The standard InChI is InChI=1S/C20H30N4O/c1-14(25)17-6-3-7-19(11-17)24-20(23-18-8-9-18)22-13-16-5-2-4-15(10-16)12-21/h3,6-7,11,15-16,18H,2,4-5,8-10,12-13,21H2,1H3,(H2,22,23,24). The van der Waals surface area contributed by atoms with Crippen LogP contribution in [0.4, 0.5) is 5.69 Å². The van der Waals surface area contributed by atoms with Crippen molar-refractivity contribution in [1.82, 2.24) is 5.32 Å². The molecule has 4 N–H and O–H groups in total. The molecule has 2 aliphatic rings. The molecule has 2 fully saturated rings. The van der Waals surface area contributed by atoms with Gasteiger partial charge in [-0.1, -0.05) is 18.6 Å². The highest BCUT2D eigenvalue weighted by Crippen LogP contribution is 2.28. The van der Waals surface area contributed by atoms with E-state index in [0.717, 1.165) is 24.7 Å². The zero-order chi connectivity index (χ0) is 17.6. The third kappa shape index (κ3) is 5.56. The Hall–Kier alpha value is -1.88. The first-order valence-corrected chi connectivity index (χ1v) is 9.53. The Kier molecular flexibility index (Phi) is 6.08. The molecule has 0 saturated heterocycles. The molecule has 1 aromatic rings. The molecule has 0 bridgehead atoms. The van der Waals surface area contributed by atoms with E-state index in [-0.39, 0.29) is 5.78 Å². The topological polar surface area (TPSA) is 79.5 Å². The predicted molar refractivity (Wildman–Crippen MR) is 103 cm³/mol. The van der Waals surface area contributed by atoms with Crippen molar-refractivity contribution in [3.63, 3.8) is 0 Å². The number of nitrogens with zero attached hydrogens (tertiary/aromatic N) is 1. The molecule has 3 rings (SSSR count). The third-order valence-electron chi connectivity index (χ3n) is 5.18. The third-order valence-corrected chi connectivity index (χ3v) is 5.18. The summed E-state index contributed by atoms with van der Waals surface area (Å²) in [4.78, 5) is 16.4. The van der Waals surface area contributed by atoms with Gasteiger partial charge in [0, 0.05) is 23.8 Å². The van der Waals surface area contributed by atoms with E-state index in [9.17, 15) is 4.79 Å². The Labute approximate surface area is 150 Å². The van der Waals surface area contributed by atoms with Gasteiger partial charge >= 0.3 is 0 Å². The number of nitrogens with one attached hydrogen (secondary N) is 2. The van der Waals surface area contributed by atoms with Crippen molar-refractivity contribution < 1.29 is 4.79 Å². The minimum absolute atomic E-state index is 0.0762. The SMILES string of the molecule is CC(=O)c1cccc(NC(=NCC2CCCC(CN)C2)NC2CC2)c1. The number of rotatable bonds is 6. The maximum Gasteiger partial charge on any atom is 0.196 e.